The first kappa shape index (κ1) is 21.2. The SMILES string of the molecule is Cc1cc(NC(=O)CN2CCN(CC(O)C3CC3)CC2)no1.Cl.Cl. The van der Waals surface area contributed by atoms with Crippen LogP contribution in [0.15, 0.2) is 10.6 Å². The number of aryl methyl sites for hydroxylation is 1. The number of hydrogen-bond donors (Lipinski definition) is 2. The molecule has 1 atom stereocenters. The molecule has 2 fully saturated rings. The number of amides is 1. The van der Waals surface area contributed by atoms with E-state index in [0.29, 0.717) is 24.0 Å². The molecule has 1 aromatic rings. The number of rotatable bonds is 6. The zero-order chi connectivity index (χ0) is 15.5. The number of aliphatic hydroxyl groups is 1. The summed E-state index contributed by atoms with van der Waals surface area (Å²) >= 11 is 0. The van der Waals surface area contributed by atoms with Gasteiger partial charge in [-0.1, -0.05) is 5.16 Å². The van der Waals surface area contributed by atoms with Crippen molar-refractivity contribution in [3.8, 4) is 0 Å². The summed E-state index contributed by atoms with van der Waals surface area (Å²) in [5.74, 6) is 1.60. The van der Waals surface area contributed by atoms with Crippen molar-refractivity contribution in [2.24, 2.45) is 5.92 Å². The van der Waals surface area contributed by atoms with Crippen molar-refractivity contribution in [3.05, 3.63) is 11.8 Å². The molecule has 1 amide bonds. The van der Waals surface area contributed by atoms with Gasteiger partial charge in [0, 0.05) is 38.8 Å². The third-order valence-electron chi connectivity index (χ3n) is 4.34. The van der Waals surface area contributed by atoms with Crippen molar-refractivity contribution in [3.63, 3.8) is 0 Å². The number of hydrogen-bond acceptors (Lipinski definition) is 6. The third kappa shape index (κ3) is 6.22. The van der Waals surface area contributed by atoms with Gasteiger partial charge in [-0.15, -0.1) is 24.8 Å². The van der Waals surface area contributed by atoms with E-state index in [1.54, 1.807) is 13.0 Å². The smallest absolute Gasteiger partial charge is 0.239 e. The molecule has 0 spiro atoms. The number of halogens is 2. The van der Waals surface area contributed by atoms with Gasteiger partial charge in [0.2, 0.25) is 5.91 Å². The largest absolute Gasteiger partial charge is 0.392 e. The predicted molar refractivity (Wildman–Crippen MR) is 96.0 cm³/mol. The van der Waals surface area contributed by atoms with Crippen molar-refractivity contribution in [1.29, 1.82) is 0 Å². The highest BCUT2D eigenvalue weighted by Gasteiger charge is 2.31. The Hall–Kier alpha value is -0.860. The number of carbonyl (C=O) groups excluding carboxylic acids is 1. The molecule has 0 aromatic carbocycles. The fourth-order valence-corrected chi connectivity index (χ4v) is 2.84. The van der Waals surface area contributed by atoms with E-state index in [0.717, 1.165) is 32.7 Å². The third-order valence-corrected chi connectivity index (χ3v) is 4.34. The molecule has 1 aliphatic carbocycles. The van der Waals surface area contributed by atoms with Crippen LogP contribution in [0.4, 0.5) is 5.82 Å². The van der Waals surface area contributed by atoms with Crippen LogP contribution in [0.2, 0.25) is 0 Å². The fraction of sp³-hybridized carbons (Fsp3) is 0.733. The summed E-state index contributed by atoms with van der Waals surface area (Å²) in [4.78, 5) is 16.4. The molecule has 24 heavy (non-hydrogen) atoms. The van der Waals surface area contributed by atoms with Crippen LogP contribution >= 0.6 is 24.8 Å². The van der Waals surface area contributed by atoms with Crippen molar-refractivity contribution in [2.75, 3.05) is 44.6 Å². The lowest BCUT2D eigenvalue weighted by Crippen LogP contribution is -2.50. The van der Waals surface area contributed by atoms with E-state index in [1.165, 1.54) is 12.8 Å². The highest BCUT2D eigenvalue weighted by molar-refractivity contribution is 5.91. The molecule has 0 bridgehead atoms. The number of nitrogens with zero attached hydrogens (tertiary/aromatic N) is 3. The van der Waals surface area contributed by atoms with E-state index >= 15 is 0 Å². The number of piperazine rings is 1. The van der Waals surface area contributed by atoms with Crippen LogP contribution in [-0.4, -0.2) is 71.3 Å². The van der Waals surface area contributed by atoms with Gasteiger partial charge in [-0.2, -0.15) is 0 Å². The molecule has 1 saturated heterocycles. The van der Waals surface area contributed by atoms with Crippen molar-refractivity contribution in [1.82, 2.24) is 15.0 Å². The lowest BCUT2D eigenvalue weighted by molar-refractivity contribution is -0.117. The molecule has 0 radical (unpaired) electrons. The Balaban J connectivity index is 0.00000144. The molecule has 3 rings (SSSR count). The van der Waals surface area contributed by atoms with Crippen LogP contribution in [0.3, 0.4) is 0 Å². The molecule has 2 N–H and O–H groups in total. The van der Waals surface area contributed by atoms with Crippen LogP contribution in [-0.2, 0) is 4.79 Å². The van der Waals surface area contributed by atoms with Crippen molar-refractivity contribution >= 4 is 36.5 Å². The minimum Gasteiger partial charge on any atom is -0.392 e. The molecule has 9 heteroatoms. The van der Waals surface area contributed by atoms with Crippen LogP contribution < -0.4 is 5.32 Å². The van der Waals surface area contributed by atoms with E-state index in [2.05, 4.69) is 20.3 Å². The second-order valence-corrected chi connectivity index (χ2v) is 6.35. The summed E-state index contributed by atoms with van der Waals surface area (Å²) in [6.45, 7) is 6.43. The molecule has 138 valence electrons. The second kappa shape index (κ2) is 9.58. The Bertz CT molecular complexity index is 517. The zero-order valence-corrected chi connectivity index (χ0v) is 15.4. The van der Waals surface area contributed by atoms with Gasteiger partial charge in [0.1, 0.15) is 5.76 Å². The van der Waals surface area contributed by atoms with Gasteiger partial charge in [-0.3, -0.25) is 14.6 Å². The molecule has 1 aliphatic heterocycles. The summed E-state index contributed by atoms with van der Waals surface area (Å²) in [6.07, 6.45) is 2.16. The fourth-order valence-electron chi connectivity index (χ4n) is 2.84. The first-order valence-electron chi connectivity index (χ1n) is 7.96. The summed E-state index contributed by atoms with van der Waals surface area (Å²) in [6, 6.07) is 1.70. The first-order valence-corrected chi connectivity index (χ1v) is 7.96. The highest BCUT2D eigenvalue weighted by Crippen LogP contribution is 2.32. The lowest BCUT2D eigenvalue weighted by atomic mass is 10.2. The molecular formula is C15H26Cl2N4O3. The summed E-state index contributed by atoms with van der Waals surface area (Å²) in [5.41, 5.74) is 0. The maximum absolute atomic E-state index is 12.0. The normalized spacial score (nSPS) is 19.9. The summed E-state index contributed by atoms with van der Waals surface area (Å²) < 4.78 is 4.92. The quantitative estimate of drug-likeness (QED) is 0.770. The van der Waals surface area contributed by atoms with Crippen LogP contribution in [0.1, 0.15) is 18.6 Å². The number of β-amino-alcohol motifs (C(OH)–C–C–N with tert-alkyl or cyclic N) is 1. The van der Waals surface area contributed by atoms with Gasteiger partial charge in [-0.05, 0) is 25.7 Å². The number of carbonyl (C=O) groups is 1. The molecule has 1 aromatic heterocycles. The lowest BCUT2D eigenvalue weighted by Gasteiger charge is -2.35. The molecule has 1 unspecified atom stereocenters. The Kier molecular flexibility index (Phi) is 8.45. The van der Waals surface area contributed by atoms with E-state index in [9.17, 15) is 9.90 Å². The standard InChI is InChI=1S/C15H24N4O3.2ClH/c1-11-8-14(17-22-11)16-15(21)10-19-6-4-18(5-7-19)9-13(20)12-2-3-12;;/h8,12-13,20H,2-7,9-10H2,1H3,(H,16,17,21);2*1H. The minimum absolute atomic E-state index is 0. The van der Waals surface area contributed by atoms with Crippen LogP contribution in [0.5, 0.6) is 0 Å². The van der Waals surface area contributed by atoms with Gasteiger partial charge < -0.3 is 14.9 Å². The van der Waals surface area contributed by atoms with Crippen molar-refractivity contribution in [2.45, 2.75) is 25.9 Å². The highest BCUT2D eigenvalue weighted by atomic mass is 35.5. The van der Waals surface area contributed by atoms with E-state index in [1.807, 2.05) is 0 Å². The Morgan fingerprint density at radius 2 is 1.96 bits per heavy atom. The van der Waals surface area contributed by atoms with Gasteiger partial charge in [0.25, 0.3) is 0 Å². The maximum Gasteiger partial charge on any atom is 0.239 e. The second-order valence-electron chi connectivity index (χ2n) is 6.35. The number of aromatic nitrogens is 1. The molecule has 2 aliphatic rings. The average Bonchev–Trinajstić information content (AvgIpc) is 3.25. The Labute approximate surface area is 154 Å². The first-order chi connectivity index (χ1) is 10.6. The van der Waals surface area contributed by atoms with E-state index in [4.69, 9.17) is 4.52 Å². The number of anilines is 1. The van der Waals surface area contributed by atoms with Gasteiger partial charge in [0.05, 0.1) is 12.6 Å². The Morgan fingerprint density at radius 3 is 2.50 bits per heavy atom. The van der Waals surface area contributed by atoms with Crippen molar-refractivity contribution < 1.29 is 14.4 Å². The number of nitrogens with one attached hydrogen (secondary N) is 1. The predicted octanol–water partition coefficient (Wildman–Crippen LogP) is 1.15. The monoisotopic (exact) mass is 380 g/mol. The van der Waals surface area contributed by atoms with Gasteiger partial charge in [0.15, 0.2) is 5.82 Å². The Morgan fingerprint density at radius 1 is 1.33 bits per heavy atom. The molecule has 1 saturated carbocycles. The van der Waals surface area contributed by atoms with E-state index in [-0.39, 0.29) is 36.8 Å². The summed E-state index contributed by atoms with van der Waals surface area (Å²) in [7, 11) is 0. The van der Waals surface area contributed by atoms with Crippen LogP contribution in [0, 0.1) is 12.8 Å². The zero-order valence-electron chi connectivity index (χ0n) is 13.8. The van der Waals surface area contributed by atoms with Gasteiger partial charge in [-0.25, -0.2) is 0 Å². The summed E-state index contributed by atoms with van der Waals surface area (Å²) in [5, 5.41) is 16.5. The average molecular weight is 381 g/mol. The molecule has 7 nitrogen and oxygen atoms in total. The van der Waals surface area contributed by atoms with Gasteiger partial charge >= 0.3 is 0 Å². The van der Waals surface area contributed by atoms with Crippen LogP contribution in [0.25, 0.3) is 0 Å². The molecular weight excluding hydrogens is 355 g/mol. The molecule has 2 heterocycles. The topological polar surface area (TPSA) is 81.8 Å². The number of aliphatic hydroxyl groups excluding tert-OH is 1. The maximum atomic E-state index is 12.0. The minimum atomic E-state index is -0.176. The van der Waals surface area contributed by atoms with E-state index < -0.39 is 0 Å².